The average molecular weight is 531 g/mol. The fourth-order valence-electron chi connectivity index (χ4n) is 4.10. The second-order valence-electron chi connectivity index (χ2n) is 8.45. The van der Waals surface area contributed by atoms with Crippen LogP contribution in [-0.4, -0.2) is 39.9 Å². The number of esters is 1. The van der Waals surface area contributed by atoms with Crippen molar-refractivity contribution in [3.63, 3.8) is 0 Å². The van der Waals surface area contributed by atoms with E-state index in [-0.39, 0.29) is 22.0 Å². The summed E-state index contributed by atoms with van der Waals surface area (Å²) in [5, 5.41) is 3.13. The van der Waals surface area contributed by atoms with Crippen LogP contribution in [0.2, 0.25) is 0 Å². The highest BCUT2D eigenvalue weighted by atomic mass is 32.2. The highest BCUT2D eigenvalue weighted by Crippen LogP contribution is 2.31. The summed E-state index contributed by atoms with van der Waals surface area (Å²) in [6.07, 6.45) is 2.19. The summed E-state index contributed by atoms with van der Waals surface area (Å²) in [6, 6.07) is 20.0. The molecule has 0 saturated heterocycles. The van der Waals surface area contributed by atoms with Gasteiger partial charge in [0.25, 0.3) is 0 Å². The van der Waals surface area contributed by atoms with E-state index < -0.39 is 15.8 Å². The van der Waals surface area contributed by atoms with Gasteiger partial charge in [-0.25, -0.2) is 18.2 Å². The molecule has 0 aliphatic heterocycles. The lowest BCUT2D eigenvalue weighted by atomic mass is 9.97. The Labute approximate surface area is 221 Å². The van der Waals surface area contributed by atoms with Crippen molar-refractivity contribution in [3.05, 3.63) is 101 Å². The van der Waals surface area contributed by atoms with Crippen molar-refractivity contribution < 1.29 is 27.5 Å². The van der Waals surface area contributed by atoms with E-state index in [1.165, 1.54) is 32.5 Å². The van der Waals surface area contributed by atoms with Crippen LogP contribution in [0.3, 0.4) is 0 Å². The zero-order valence-corrected chi connectivity index (χ0v) is 21.9. The summed E-state index contributed by atoms with van der Waals surface area (Å²) in [6.45, 7) is 1.92. The van der Waals surface area contributed by atoms with Crippen molar-refractivity contribution in [1.82, 2.24) is 4.98 Å². The van der Waals surface area contributed by atoms with Crippen molar-refractivity contribution in [1.29, 1.82) is 0 Å². The number of aromatic nitrogens is 1. The van der Waals surface area contributed by atoms with Crippen molar-refractivity contribution in [3.8, 4) is 16.9 Å². The summed E-state index contributed by atoms with van der Waals surface area (Å²) in [4.78, 5) is 28.2. The molecule has 0 spiro atoms. The van der Waals surface area contributed by atoms with Gasteiger partial charge in [-0.1, -0.05) is 24.3 Å². The molecule has 0 radical (unpaired) electrons. The standard InChI is InChI=1S/C29H26N2O6S/c1-19-14-23(21-7-4-6-20(15-21)18-32)16-26(29(33)37-3)27(19)31-17-22-8-5-13-30-28(22)38(34,35)25-11-9-24(36-2)10-12-25/h4-16,18,31H,17H2,1-3H3. The maximum absolute atomic E-state index is 13.4. The van der Waals surface area contributed by atoms with Gasteiger partial charge in [0.05, 0.1) is 30.4 Å². The summed E-state index contributed by atoms with van der Waals surface area (Å²) < 4.78 is 36.9. The zero-order valence-electron chi connectivity index (χ0n) is 21.1. The number of benzene rings is 3. The number of carbonyl (C=O) groups excluding carboxylic acids is 2. The normalized spacial score (nSPS) is 11.0. The second kappa shape index (κ2) is 11.3. The molecule has 0 fully saturated rings. The Morgan fingerprint density at radius 3 is 2.42 bits per heavy atom. The molecule has 0 atom stereocenters. The minimum atomic E-state index is -3.92. The van der Waals surface area contributed by atoms with E-state index in [1.54, 1.807) is 48.5 Å². The van der Waals surface area contributed by atoms with Gasteiger partial charge >= 0.3 is 5.97 Å². The number of carbonyl (C=O) groups is 2. The van der Waals surface area contributed by atoms with Gasteiger partial charge in [-0.2, -0.15) is 0 Å². The number of aldehydes is 1. The molecular weight excluding hydrogens is 504 g/mol. The van der Waals surface area contributed by atoms with Crippen LogP contribution >= 0.6 is 0 Å². The molecule has 9 heteroatoms. The van der Waals surface area contributed by atoms with E-state index in [2.05, 4.69) is 10.3 Å². The van der Waals surface area contributed by atoms with Gasteiger partial charge < -0.3 is 14.8 Å². The van der Waals surface area contributed by atoms with E-state index in [0.717, 1.165) is 23.0 Å². The van der Waals surface area contributed by atoms with Gasteiger partial charge in [0.1, 0.15) is 12.0 Å². The minimum absolute atomic E-state index is 0.0859. The molecular formula is C29H26N2O6S. The smallest absolute Gasteiger partial charge is 0.339 e. The molecule has 194 valence electrons. The Bertz CT molecular complexity index is 1600. The van der Waals surface area contributed by atoms with Crippen molar-refractivity contribution in [2.24, 2.45) is 0 Å². The molecule has 1 heterocycles. The third-order valence-corrected chi connectivity index (χ3v) is 7.80. The van der Waals surface area contributed by atoms with Crippen LogP contribution in [0.1, 0.15) is 31.8 Å². The second-order valence-corrected chi connectivity index (χ2v) is 10.3. The van der Waals surface area contributed by atoms with Gasteiger partial charge in [-0.05, 0) is 72.1 Å². The molecule has 1 N–H and O–H groups in total. The number of methoxy groups -OCH3 is 2. The zero-order chi connectivity index (χ0) is 27.3. The van der Waals surface area contributed by atoms with Crippen LogP contribution in [0.25, 0.3) is 11.1 Å². The number of sulfone groups is 1. The van der Waals surface area contributed by atoms with E-state index in [4.69, 9.17) is 9.47 Å². The number of pyridine rings is 1. The number of hydrogen-bond acceptors (Lipinski definition) is 8. The number of ether oxygens (including phenoxy) is 2. The first-order valence-electron chi connectivity index (χ1n) is 11.6. The maximum Gasteiger partial charge on any atom is 0.339 e. The average Bonchev–Trinajstić information content (AvgIpc) is 2.95. The van der Waals surface area contributed by atoms with Gasteiger partial charge in [-0.3, -0.25) is 4.79 Å². The third-order valence-electron chi connectivity index (χ3n) is 6.03. The topological polar surface area (TPSA) is 112 Å². The van der Waals surface area contributed by atoms with Crippen LogP contribution in [-0.2, 0) is 21.1 Å². The monoisotopic (exact) mass is 530 g/mol. The minimum Gasteiger partial charge on any atom is -0.497 e. The Kier molecular flexibility index (Phi) is 7.87. The Hall–Kier alpha value is -4.50. The molecule has 8 nitrogen and oxygen atoms in total. The lowest BCUT2D eigenvalue weighted by molar-refractivity contribution is 0.0601. The SMILES string of the molecule is COC(=O)c1cc(-c2cccc(C=O)c2)cc(C)c1NCc1cccnc1S(=O)(=O)c1ccc(OC)cc1. The number of anilines is 1. The van der Waals surface area contributed by atoms with E-state index in [9.17, 15) is 18.0 Å². The van der Waals surface area contributed by atoms with Crippen LogP contribution in [0.15, 0.2) is 88.9 Å². The quantitative estimate of drug-likeness (QED) is 0.235. The van der Waals surface area contributed by atoms with Crippen molar-refractivity contribution in [2.45, 2.75) is 23.4 Å². The molecule has 0 saturated carbocycles. The summed E-state index contributed by atoms with van der Waals surface area (Å²) in [7, 11) is -1.12. The molecule has 0 aliphatic rings. The van der Waals surface area contributed by atoms with Crippen LogP contribution in [0.4, 0.5) is 5.69 Å². The molecule has 1 aromatic heterocycles. The molecule has 0 bridgehead atoms. The van der Waals surface area contributed by atoms with E-state index in [0.29, 0.717) is 22.6 Å². The predicted octanol–water partition coefficient (Wildman–Crippen LogP) is 5.11. The van der Waals surface area contributed by atoms with Gasteiger partial charge in [-0.15, -0.1) is 0 Å². The van der Waals surface area contributed by atoms with Crippen LogP contribution in [0.5, 0.6) is 5.75 Å². The molecule has 3 aromatic carbocycles. The predicted molar refractivity (Wildman–Crippen MR) is 143 cm³/mol. The molecule has 0 amide bonds. The Morgan fingerprint density at radius 1 is 0.974 bits per heavy atom. The lowest BCUT2D eigenvalue weighted by Crippen LogP contribution is -2.14. The van der Waals surface area contributed by atoms with Gasteiger partial charge in [0.2, 0.25) is 9.84 Å². The van der Waals surface area contributed by atoms with Gasteiger partial charge in [0.15, 0.2) is 5.03 Å². The Morgan fingerprint density at radius 2 is 1.74 bits per heavy atom. The highest BCUT2D eigenvalue weighted by Gasteiger charge is 2.24. The number of aryl methyl sites for hydroxylation is 1. The largest absolute Gasteiger partial charge is 0.497 e. The first-order valence-corrected chi connectivity index (χ1v) is 13.1. The van der Waals surface area contributed by atoms with E-state index >= 15 is 0 Å². The third kappa shape index (κ3) is 5.42. The summed E-state index contributed by atoms with van der Waals surface area (Å²) in [5.41, 5.74) is 3.98. The van der Waals surface area contributed by atoms with Crippen molar-refractivity contribution in [2.75, 3.05) is 19.5 Å². The van der Waals surface area contributed by atoms with Gasteiger partial charge in [0, 0.05) is 23.9 Å². The maximum atomic E-state index is 13.4. The first kappa shape index (κ1) is 26.6. The highest BCUT2D eigenvalue weighted by molar-refractivity contribution is 7.91. The molecule has 4 aromatic rings. The summed E-state index contributed by atoms with van der Waals surface area (Å²) in [5.74, 6) is -0.0136. The molecule has 38 heavy (non-hydrogen) atoms. The molecule has 0 aliphatic carbocycles. The van der Waals surface area contributed by atoms with Crippen LogP contribution in [0, 0.1) is 6.92 Å². The number of nitrogens with zero attached hydrogens (tertiary/aromatic N) is 1. The Balaban J connectivity index is 1.70. The lowest BCUT2D eigenvalue weighted by Gasteiger charge is -2.17. The number of hydrogen-bond donors (Lipinski definition) is 1. The summed E-state index contributed by atoms with van der Waals surface area (Å²) >= 11 is 0. The first-order chi connectivity index (χ1) is 18.3. The van der Waals surface area contributed by atoms with Crippen molar-refractivity contribution >= 4 is 27.8 Å². The fraction of sp³-hybridized carbons (Fsp3) is 0.138. The molecule has 0 unspecified atom stereocenters. The van der Waals surface area contributed by atoms with E-state index in [1.807, 2.05) is 19.1 Å². The molecule has 4 rings (SSSR count). The number of nitrogens with one attached hydrogen (secondary N) is 1. The fourth-order valence-corrected chi connectivity index (χ4v) is 5.50. The number of rotatable bonds is 9. The van der Waals surface area contributed by atoms with Crippen LogP contribution < -0.4 is 10.1 Å².